The summed E-state index contributed by atoms with van der Waals surface area (Å²) < 4.78 is 37.1. The van der Waals surface area contributed by atoms with E-state index in [0.717, 1.165) is 21.7 Å². The number of hydrogen-bond donors (Lipinski definition) is 1. The fraction of sp³-hybridized carbons (Fsp3) is 0.273. The third kappa shape index (κ3) is 6.83. The second-order valence-electron chi connectivity index (χ2n) is 6.97. The number of methoxy groups -OCH3 is 1. The van der Waals surface area contributed by atoms with Gasteiger partial charge < -0.3 is 9.47 Å². The molecule has 0 fully saturated rings. The third-order valence-corrected chi connectivity index (χ3v) is 6.20. The van der Waals surface area contributed by atoms with E-state index in [0.29, 0.717) is 33.8 Å². The second-order valence-corrected chi connectivity index (χ2v) is 9.73. The van der Waals surface area contributed by atoms with Crippen LogP contribution in [0.15, 0.2) is 52.6 Å². The summed E-state index contributed by atoms with van der Waals surface area (Å²) in [4.78, 5) is 12.4. The van der Waals surface area contributed by atoms with Crippen molar-refractivity contribution in [3.05, 3.63) is 64.1 Å². The lowest BCUT2D eigenvalue weighted by Gasteiger charge is -2.22. The van der Waals surface area contributed by atoms with Crippen molar-refractivity contribution in [2.75, 3.05) is 30.8 Å². The number of hydrazone groups is 1. The van der Waals surface area contributed by atoms with Gasteiger partial charge in [-0.25, -0.2) is 13.8 Å². The lowest BCUT2D eigenvalue weighted by molar-refractivity contribution is -0.119. The van der Waals surface area contributed by atoms with Gasteiger partial charge in [-0.3, -0.25) is 9.10 Å². The fourth-order valence-corrected chi connectivity index (χ4v) is 4.14. The maximum atomic E-state index is 12.4. The SMILES string of the molecule is C=CCOc1c(Br)cc(/C=N\NC(=O)CN(c2ccc(C)c(C)c2)S(C)(=O)=O)cc1OC. The van der Waals surface area contributed by atoms with Crippen molar-refractivity contribution in [1.82, 2.24) is 5.43 Å². The van der Waals surface area contributed by atoms with Gasteiger partial charge in [0.15, 0.2) is 11.5 Å². The molecule has 0 aromatic heterocycles. The van der Waals surface area contributed by atoms with Crippen LogP contribution in [-0.2, 0) is 14.8 Å². The summed E-state index contributed by atoms with van der Waals surface area (Å²) in [5, 5.41) is 3.93. The summed E-state index contributed by atoms with van der Waals surface area (Å²) in [5.41, 5.74) is 5.36. The van der Waals surface area contributed by atoms with Crippen LogP contribution < -0.4 is 19.2 Å². The van der Waals surface area contributed by atoms with Crippen molar-refractivity contribution in [2.24, 2.45) is 5.10 Å². The van der Waals surface area contributed by atoms with E-state index >= 15 is 0 Å². The number of anilines is 1. The Hall–Kier alpha value is -2.85. The number of benzene rings is 2. The second kappa shape index (κ2) is 11.1. The Kier molecular flexibility index (Phi) is 8.85. The highest BCUT2D eigenvalue weighted by atomic mass is 79.9. The van der Waals surface area contributed by atoms with Crippen LogP contribution in [0.2, 0.25) is 0 Å². The predicted octanol–water partition coefficient (Wildman–Crippen LogP) is 3.56. The minimum absolute atomic E-state index is 0.315. The normalized spacial score (nSPS) is 11.3. The van der Waals surface area contributed by atoms with Crippen LogP contribution >= 0.6 is 15.9 Å². The molecule has 0 saturated heterocycles. The number of sulfonamides is 1. The Morgan fingerprint density at radius 2 is 1.97 bits per heavy atom. The zero-order chi connectivity index (χ0) is 23.9. The highest BCUT2D eigenvalue weighted by Gasteiger charge is 2.21. The predicted molar refractivity (Wildman–Crippen MR) is 130 cm³/mol. The monoisotopic (exact) mass is 523 g/mol. The molecule has 8 nitrogen and oxygen atoms in total. The highest BCUT2D eigenvalue weighted by molar-refractivity contribution is 9.10. The number of rotatable bonds is 10. The van der Waals surface area contributed by atoms with E-state index in [1.54, 1.807) is 30.3 Å². The maximum absolute atomic E-state index is 12.4. The lowest BCUT2D eigenvalue weighted by Crippen LogP contribution is -2.39. The molecule has 0 atom stereocenters. The van der Waals surface area contributed by atoms with Crippen LogP contribution in [-0.4, -0.2) is 47.1 Å². The van der Waals surface area contributed by atoms with E-state index < -0.39 is 22.5 Å². The Morgan fingerprint density at radius 1 is 1.25 bits per heavy atom. The van der Waals surface area contributed by atoms with Gasteiger partial charge in [-0.1, -0.05) is 18.7 Å². The summed E-state index contributed by atoms with van der Waals surface area (Å²) in [6.45, 7) is 7.33. The molecule has 0 spiro atoms. The van der Waals surface area contributed by atoms with E-state index in [9.17, 15) is 13.2 Å². The average Bonchev–Trinajstić information content (AvgIpc) is 2.72. The molecule has 0 radical (unpaired) electrons. The van der Waals surface area contributed by atoms with Crippen LogP contribution in [0.3, 0.4) is 0 Å². The molecule has 32 heavy (non-hydrogen) atoms. The number of hydrogen-bond acceptors (Lipinski definition) is 6. The molecule has 0 saturated carbocycles. The van der Waals surface area contributed by atoms with Gasteiger partial charge in [-0.05, 0) is 70.7 Å². The highest BCUT2D eigenvalue weighted by Crippen LogP contribution is 2.36. The van der Waals surface area contributed by atoms with Gasteiger partial charge in [0.1, 0.15) is 13.2 Å². The summed E-state index contributed by atoms with van der Waals surface area (Å²) in [6, 6.07) is 8.64. The van der Waals surface area contributed by atoms with Gasteiger partial charge in [0.05, 0.1) is 29.7 Å². The van der Waals surface area contributed by atoms with Crippen molar-refractivity contribution in [3.8, 4) is 11.5 Å². The van der Waals surface area contributed by atoms with Crippen molar-refractivity contribution >= 4 is 43.8 Å². The lowest BCUT2D eigenvalue weighted by atomic mass is 10.1. The molecule has 10 heteroatoms. The first-order valence-electron chi connectivity index (χ1n) is 9.55. The topological polar surface area (TPSA) is 97.3 Å². The van der Waals surface area contributed by atoms with E-state index in [4.69, 9.17) is 9.47 Å². The average molecular weight is 524 g/mol. The van der Waals surface area contributed by atoms with Gasteiger partial charge in [-0.2, -0.15) is 5.10 Å². The van der Waals surface area contributed by atoms with E-state index in [-0.39, 0.29) is 0 Å². The van der Waals surface area contributed by atoms with Gasteiger partial charge >= 0.3 is 0 Å². The zero-order valence-electron chi connectivity index (χ0n) is 18.4. The summed E-state index contributed by atoms with van der Waals surface area (Å²) >= 11 is 3.42. The van der Waals surface area contributed by atoms with Gasteiger partial charge in [-0.15, -0.1) is 0 Å². The summed E-state index contributed by atoms with van der Waals surface area (Å²) in [7, 11) is -2.16. The number of amides is 1. The summed E-state index contributed by atoms with van der Waals surface area (Å²) in [6.07, 6.45) is 4.09. The number of carbonyl (C=O) groups excluding carboxylic acids is 1. The van der Waals surface area contributed by atoms with Gasteiger partial charge in [0.25, 0.3) is 5.91 Å². The zero-order valence-corrected chi connectivity index (χ0v) is 20.8. The summed E-state index contributed by atoms with van der Waals surface area (Å²) in [5.74, 6) is 0.416. The van der Waals surface area contributed by atoms with Crippen molar-refractivity contribution in [1.29, 1.82) is 0 Å². The molecule has 2 aromatic carbocycles. The largest absolute Gasteiger partial charge is 0.493 e. The van der Waals surface area contributed by atoms with Crippen molar-refractivity contribution in [2.45, 2.75) is 13.8 Å². The van der Waals surface area contributed by atoms with Crippen LogP contribution in [0, 0.1) is 13.8 Å². The molecule has 0 aliphatic rings. The first-order chi connectivity index (χ1) is 15.1. The minimum atomic E-state index is -3.67. The van der Waals surface area contributed by atoms with Crippen molar-refractivity contribution < 1.29 is 22.7 Å². The first kappa shape index (κ1) is 25.4. The van der Waals surface area contributed by atoms with Crippen LogP contribution in [0.1, 0.15) is 16.7 Å². The molecular weight excluding hydrogens is 498 g/mol. The number of aryl methyl sites for hydroxylation is 2. The standard InChI is InChI=1S/C22H26BrN3O5S/c1-6-9-31-22-19(23)11-17(12-20(22)30-4)13-24-25-21(27)14-26(32(5,28)29)18-8-7-15(2)16(3)10-18/h6-8,10-13H,1,9,14H2,2-5H3,(H,25,27)/b24-13-. The molecule has 172 valence electrons. The molecule has 1 amide bonds. The number of carbonyl (C=O) groups is 1. The Labute approximate surface area is 197 Å². The van der Waals surface area contributed by atoms with E-state index in [1.165, 1.54) is 13.3 Å². The first-order valence-corrected chi connectivity index (χ1v) is 12.2. The number of nitrogens with one attached hydrogen (secondary N) is 1. The molecule has 1 N–H and O–H groups in total. The number of ether oxygens (including phenoxy) is 2. The molecule has 0 bridgehead atoms. The molecule has 0 aliphatic carbocycles. The Bertz CT molecular complexity index is 1130. The quantitative estimate of drug-likeness (QED) is 0.291. The van der Waals surface area contributed by atoms with Crippen LogP contribution in [0.5, 0.6) is 11.5 Å². The smallest absolute Gasteiger partial charge is 0.260 e. The van der Waals surface area contributed by atoms with Crippen LogP contribution in [0.4, 0.5) is 5.69 Å². The molecule has 0 aliphatic heterocycles. The van der Waals surface area contributed by atoms with E-state index in [1.807, 2.05) is 19.9 Å². The molecule has 0 unspecified atom stereocenters. The molecule has 2 aromatic rings. The fourth-order valence-electron chi connectivity index (χ4n) is 2.72. The Morgan fingerprint density at radius 3 is 2.56 bits per heavy atom. The molecular formula is C22H26BrN3O5S. The third-order valence-electron chi connectivity index (χ3n) is 4.47. The van der Waals surface area contributed by atoms with Crippen LogP contribution in [0.25, 0.3) is 0 Å². The van der Waals surface area contributed by atoms with Gasteiger partial charge in [0, 0.05) is 0 Å². The number of halogens is 1. The van der Waals surface area contributed by atoms with Gasteiger partial charge in [0.2, 0.25) is 10.0 Å². The number of nitrogens with zero attached hydrogens (tertiary/aromatic N) is 2. The maximum Gasteiger partial charge on any atom is 0.260 e. The van der Waals surface area contributed by atoms with E-state index in [2.05, 4.69) is 33.0 Å². The Balaban J connectivity index is 2.14. The minimum Gasteiger partial charge on any atom is -0.493 e. The molecule has 2 rings (SSSR count). The van der Waals surface area contributed by atoms with Crippen molar-refractivity contribution in [3.63, 3.8) is 0 Å². The molecule has 0 heterocycles.